The lowest BCUT2D eigenvalue weighted by Gasteiger charge is -2.12. The van der Waals surface area contributed by atoms with Crippen molar-refractivity contribution in [2.24, 2.45) is 0 Å². The number of aliphatic hydroxyl groups excluding tert-OH is 1. The molecule has 1 saturated heterocycles. The van der Waals surface area contributed by atoms with E-state index in [1.165, 1.54) is 6.20 Å². The molecule has 0 unspecified atom stereocenters. The standard InChI is InChI=1S/C8H12N4O3/c9-6-3-10-12(8(14)11-6)7-2-1-5(4-13)15-7/h3,5,7,13H,1-2,4H2,(H2,9,11,14)/t5-,7+/m0/s1. The number of aliphatic hydroxyl groups is 1. The van der Waals surface area contributed by atoms with Crippen LogP contribution in [-0.2, 0) is 4.74 Å². The Morgan fingerprint density at radius 1 is 1.67 bits per heavy atom. The Labute approximate surface area is 85.5 Å². The molecule has 0 radical (unpaired) electrons. The minimum Gasteiger partial charge on any atom is -0.394 e. The van der Waals surface area contributed by atoms with E-state index in [-0.39, 0.29) is 18.5 Å². The van der Waals surface area contributed by atoms with Gasteiger partial charge in [0.2, 0.25) is 0 Å². The monoisotopic (exact) mass is 212 g/mol. The summed E-state index contributed by atoms with van der Waals surface area (Å²) in [6, 6.07) is 0. The number of ether oxygens (including phenoxy) is 1. The molecule has 0 spiro atoms. The van der Waals surface area contributed by atoms with E-state index >= 15 is 0 Å². The lowest BCUT2D eigenvalue weighted by molar-refractivity contribution is -0.0312. The first-order valence-electron chi connectivity index (χ1n) is 4.68. The molecule has 82 valence electrons. The topological polar surface area (TPSA) is 103 Å². The molecule has 0 saturated carbocycles. The maximum atomic E-state index is 11.4. The van der Waals surface area contributed by atoms with Gasteiger partial charge in [-0.3, -0.25) is 0 Å². The number of anilines is 1. The SMILES string of the molecule is Nc1cnn([C@H]2CC[C@@H](CO)O2)c(=O)n1. The van der Waals surface area contributed by atoms with E-state index in [0.717, 1.165) is 4.68 Å². The van der Waals surface area contributed by atoms with Crippen LogP contribution in [0.4, 0.5) is 5.82 Å². The molecule has 1 fully saturated rings. The summed E-state index contributed by atoms with van der Waals surface area (Å²) in [7, 11) is 0. The number of nitrogen functional groups attached to an aromatic ring is 1. The summed E-state index contributed by atoms with van der Waals surface area (Å²) in [5.41, 5.74) is 4.78. The lowest BCUT2D eigenvalue weighted by atomic mass is 10.2. The van der Waals surface area contributed by atoms with Crippen LogP contribution in [0.3, 0.4) is 0 Å². The van der Waals surface area contributed by atoms with Gasteiger partial charge in [-0.15, -0.1) is 0 Å². The first-order chi connectivity index (χ1) is 7.20. The van der Waals surface area contributed by atoms with Gasteiger partial charge in [0.1, 0.15) is 5.82 Å². The highest BCUT2D eigenvalue weighted by Crippen LogP contribution is 2.25. The third-order valence-corrected chi connectivity index (χ3v) is 2.30. The summed E-state index contributed by atoms with van der Waals surface area (Å²) in [6.45, 7) is -0.0480. The summed E-state index contributed by atoms with van der Waals surface area (Å²) in [5, 5.41) is 12.7. The van der Waals surface area contributed by atoms with E-state index in [0.29, 0.717) is 12.8 Å². The second kappa shape index (κ2) is 3.95. The van der Waals surface area contributed by atoms with E-state index in [9.17, 15) is 4.79 Å². The molecule has 0 amide bonds. The Morgan fingerprint density at radius 3 is 3.07 bits per heavy atom. The van der Waals surface area contributed by atoms with Crippen LogP contribution < -0.4 is 11.4 Å². The molecule has 1 aromatic heterocycles. The zero-order valence-corrected chi connectivity index (χ0v) is 8.04. The molecular formula is C8H12N4O3. The number of hydrogen-bond acceptors (Lipinski definition) is 6. The Hall–Kier alpha value is -1.47. The Bertz CT molecular complexity index is 405. The third-order valence-electron chi connectivity index (χ3n) is 2.30. The second-order valence-corrected chi connectivity index (χ2v) is 3.38. The summed E-state index contributed by atoms with van der Waals surface area (Å²) in [4.78, 5) is 14.9. The van der Waals surface area contributed by atoms with Crippen LogP contribution in [-0.4, -0.2) is 32.6 Å². The van der Waals surface area contributed by atoms with Crippen molar-refractivity contribution in [2.75, 3.05) is 12.3 Å². The molecule has 3 N–H and O–H groups in total. The van der Waals surface area contributed by atoms with Crippen molar-refractivity contribution >= 4 is 5.82 Å². The lowest BCUT2D eigenvalue weighted by Crippen LogP contribution is -2.30. The normalized spacial score (nSPS) is 25.7. The van der Waals surface area contributed by atoms with Gasteiger partial charge < -0.3 is 15.6 Å². The van der Waals surface area contributed by atoms with Crippen LogP contribution in [0.5, 0.6) is 0 Å². The van der Waals surface area contributed by atoms with E-state index < -0.39 is 11.9 Å². The van der Waals surface area contributed by atoms with Gasteiger partial charge in [0.05, 0.1) is 18.9 Å². The molecule has 1 aliphatic rings. The summed E-state index contributed by atoms with van der Waals surface area (Å²) >= 11 is 0. The Morgan fingerprint density at radius 2 is 2.47 bits per heavy atom. The quantitative estimate of drug-likeness (QED) is 0.644. The summed E-state index contributed by atoms with van der Waals surface area (Å²) in [5.74, 6) is 0.0907. The number of nitrogens with zero attached hydrogens (tertiary/aromatic N) is 3. The highest BCUT2D eigenvalue weighted by Gasteiger charge is 2.27. The average molecular weight is 212 g/mol. The number of rotatable bonds is 2. The molecule has 1 aromatic rings. The van der Waals surface area contributed by atoms with Crippen LogP contribution in [0, 0.1) is 0 Å². The summed E-state index contributed by atoms with van der Waals surface area (Å²) < 4.78 is 6.53. The highest BCUT2D eigenvalue weighted by atomic mass is 16.5. The molecule has 0 bridgehead atoms. The fraction of sp³-hybridized carbons (Fsp3) is 0.625. The number of nitrogens with two attached hydrogens (primary N) is 1. The molecule has 7 nitrogen and oxygen atoms in total. The zero-order valence-electron chi connectivity index (χ0n) is 8.04. The predicted octanol–water partition coefficient (Wildman–Crippen LogP) is -1.11. The Balaban J connectivity index is 2.20. The first kappa shape index (κ1) is 10.1. The van der Waals surface area contributed by atoms with Gasteiger partial charge in [-0.2, -0.15) is 14.8 Å². The molecule has 2 heterocycles. The van der Waals surface area contributed by atoms with Gasteiger partial charge in [-0.1, -0.05) is 0 Å². The fourth-order valence-electron chi connectivity index (χ4n) is 1.56. The van der Waals surface area contributed by atoms with Crippen LogP contribution in [0.1, 0.15) is 19.1 Å². The van der Waals surface area contributed by atoms with E-state index in [4.69, 9.17) is 15.6 Å². The van der Waals surface area contributed by atoms with Crippen molar-refractivity contribution in [3.05, 3.63) is 16.7 Å². The molecule has 0 aliphatic carbocycles. The van der Waals surface area contributed by atoms with Crippen molar-refractivity contribution < 1.29 is 9.84 Å². The van der Waals surface area contributed by atoms with Gasteiger partial charge in [0, 0.05) is 0 Å². The van der Waals surface area contributed by atoms with Crippen LogP contribution in [0.15, 0.2) is 11.0 Å². The zero-order chi connectivity index (χ0) is 10.8. The van der Waals surface area contributed by atoms with Gasteiger partial charge in [-0.05, 0) is 12.8 Å². The molecular weight excluding hydrogens is 200 g/mol. The number of hydrogen-bond donors (Lipinski definition) is 2. The molecule has 1 aliphatic heterocycles. The molecule has 2 rings (SSSR count). The van der Waals surface area contributed by atoms with E-state index in [1.807, 2.05) is 0 Å². The van der Waals surface area contributed by atoms with Crippen molar-refractivity contribution in [3.8, 4) is 0 Å². The maximum absolute atomic E-state index is 11.4. The third kappa shape index (κ3) is 1.97. The fourth-order valence-corrected chi connectivity index (χ4v) is 1.56. The smallest absolute Gasteiger partial charge is 0.368 e. The highest BCUT2D eigenvalue weighted by molar-refractivity contribution is 5.19. The van der Waals surface area contributed by atoms with E-state index in [1.54, 1.807) is 0 Å². The summed E-state index contributed by atoms with van der Waals surface area (Å²) in [6.07, 6.45) is 1.99. The van der Waals surface area contributed by atoms with Crippen LogP contribution in [0.2, 0.25) is 0 Å². The van der Waals surface area contributed by atoms with Crippen LogP contribution in [0.25, 0.3) is 0 Å². The van der Waals surface area contributed by atoms with Gasteiger partial charge in [-0.25, -0.2) is 4.79 Å². The minimum absolute atomic E-state index is 0.0480. The van der Waals surface area contributed by atoms with Gasteiger partial charge in [0.15, 0.2) is 6.23 Å². The van der Waals surface area contributed by atoms with Crippen molar-refractivity contribution in [3.63, 3.8) is 0 Å². The van der Waals surface area contributed by atoms with E-state index in [2.05, 4.69) is 10.1 Å². The molecule has 2 atom stereocenters. The second-order valence-electron chi connectivity index (χ2n) is 3.38. The van der Waals surface area contributed by atoms with Gasteiger partial charge in [0.25, 0.3) is 0 Å². The molecule has 7 heteroatoms. The van der Waals surface area contributed by atoms with Gasteiger partial charge >= 0.3 is 5.69 Å². The van der Waals surface area contributed by atoms with Crippen molar-refractivity contribution in [2.45, 2.75) is 25.2 Å². The Kier molecular flexibility index (Phi) is 2.65. The number of aromatic nitrogens is 3. The first-order valence-corrected chi connectivity index (χ1v) is 4.68. The largest absolute Gasteiger partial charge is 0.394 e. The maximum Gasteiger partial charge on any atom is 0.368 e. The van der Waals surface area contributed by atoms with Crippen molar-refractivity contribution in [1.82, 2.24) is 14.8 Å². The van der Waals surface area contributed by atoms with Crippen LogP contribution >= 0.6 is 0 Å². The minimum atomic E-state index is -0.529. The molecule has 0 aromatic carbocycles. The predicted molar refractivity (Wildman–Crippen MR) is 50.9 cm³/mol. The molecule has 15 heavy (non-hydrogen) atoms. The average Bonchev–Trinajstić information content (AvgIpc) is 2.66. The van der Waals surface area contributed by atoms with Crippen molar-refractivity contribution in [1.29, 1.82) is 0 Å².